The number of nitrogens with one attached hydrogen (secondary N) is 1. The SMILES string of the molecule is O=C(Nc1cccc(C(=O)N2CCC[C@@H]2CN2CCCC2)c1)C1CC1. The van der Waals surface area contributed by atoms with Crippen molar-refractivity contribution in [3.8, 4) is 0 Å². The molecule has 2 saturated heterocycles. The third kappa shape index (κ3) is 3.87. The molecular formula is C20H27N3O2. The van der Waals surface area contributed by atoms with Crippen molar-refractivity contribution in [3.05, 3.63) is 29.8 Å². The van der Waals surface area contributed by atoms with Gasteiger partial charge in [0, 0.05) is 36.3 Å². The molecule has 0 radical (unpaired) electrons. The summed E-state index contributed by atoms with van der Waals surface area (Å²) in [6, 6.07) is 7.74. The standard InChI is InChI=1S/C20H27N3O2/c24-19(15-8-9-15)21-17-6-3-5-16(13-17)20(25)23-12-4-7-18(23)14-22-10-1-2-11-22/h3,5-6,13,15,18H,1-2,4,7-12,14H2,(H,21,24)/t18-/m1/s1. The van der Waals surface area contributed by atoms with Crippen LogP contribution in [-0.2, 0) is 4.79 Å². The van der Waals surface area contributed by atoms with Crippen molar-refractivity contribution in [2.24, 2.45) is 5.92 Å². The summed E-state index contributed by atoms with van der Waals surface area (Å²) in [6.07, 6.45) is 6.71. The second-order valence-electron chi connectivity index (χ2n) is 7.65. The van der Waals surface area contributed by atoms with E-state index in [1.54, 1.807) is 0 Å². The number of anilines is 1. The minimum absolute atomic E-state index is 0.0812. The van der Waals surface area contributed by atoms with Crippen LogP contribution < -0.4 is 5.32 Å². The molecule has 5 nitrogen and oxygen atoms in total. The average Bonchev–Trinajstić information content (AvgIpc) is 3.17. The molecule has 3 fully saturated rings. The number of rotatable bonds is 5. The van der Waals surface area contributed by atoms with Gasteiger partial charge >= 0.3 is 0 Å². The fourth-order valence-electron chi connectivity index (χ4n) is 4.04. The number of benzene rings is 1. The summed E-state index contributed by atoms with van der Waals surface area (Å²) in [5, 5.41) is 2.94. The topological polar surface area (TPSA) is 52.7 Å². The first-order valence-corrected chi connectivity index (χ1v) is 9.65. The molecule has 25 heavy (non-hydrogen) atoms. The van der Waals surface area contributed by atoms with Gasteiger partial charge in [0.1, 0.15) is 0 Å². The van der Waals surface area contributed by atoms with Crippen LogP contribution in [-0.4, -0.2) is 53.8 Å². The molecule has 0 aromatic heterocycles. The predicted molar refractivity (Wildman–Crippen MR) is 97.5 cm³/mol. The third-order valence-electron chi connectivity index (χ3n) is 5.63. The molecule has 1 N–H and O–H groups in total. The smallest absolute Gasteiger partial charge is 0.254 e. The highest BCUT2D eigenvalue weighted by Gasteiger charge is 2.32. The Morgan fingerprint density at radius 1 is 1.04 bits per heavy atom. The lowest BCUT2D eigenvalue weighted by atomic mass is 10.1. The second kappa shape index (κ2) is 7.16. The Kier molecular flexibility index (Phi) is 4.75. The molecule has 1 saturated carbocycles. The lowest BCUT2D eigenvalue weighted by Crippen LogP contribution is -2.42. The molecule has 0 spiro atoms. The Hall–Kier alpha value is -1.88. The largest absolute Gasteiger partial charge is 0.334 e. The van der Waals surface area contributed by atoms with E-state index >= 15 is 0 Å². The van der Waals surface area contributed by atoms with Crippen molar-refractivity contribution in [3.63, 3.8) is 0 Å². The molecule has 134 valence electrons. The molecule has 2 amide bonds. The van der Waals surface area contributed by atoms with Crippen LogP contribution in [0, 0.1) is 5.92 Å². The highest BCUT2D eigenvalue weighted by atomic mass is 16.2. The number of hydrogen-bond acceptors (Lipinski definition) is 3. The molecule has 1 aromatic carbocycles. The number of hydrogen-bond donors (Lipinski definition) is 1. The van der Waals surface area contributed by atoms with Crippen LogP contribution >= 0.6 is 0 Å². The molecule has 5 heteroatoms. The Bertz CT molecular complexity index is 650. The van der Waals surface area contributed by atoms with E-state index < -0.39 is 0 Å². The summed E-state index contributed by atoms with van der Waals surface area (Å²) in [6.45, 7) is 4.18. The number of carbonyl (C=O) groups is 2. The zero-order valence-corrected chi connectivity index (χ0v) is 14.7. The van der Waals surface area contributed by atoms with Crippen molar-refractivity contribution in [2.45, 2.75) is 44.6 Å². The Balaban J connectivity index is 1.42. The molecule has 2 heterocycles. The maximum absolute atomic E-state index is 13.0. The van der Waals surface area contributed by atoms with Crippen LogP contribution in [0.2, 0.25) is 0 Å². The first-order chi connectivity index (χ1) is 12.2. The third-order valence-corrected chi connectivity index (χ3v) is 5.63. The van der Waals surface area contributed by atoms with Crippen LogP contribution in [0.3, 0.4) is 0 Å². The summed E-state index contributed by atoms with van der Waals surface area (Å²) >= 11 is 0. The maximum Gasteiger partial charge on any atom is 0.254 e. The molecule has 2 aliphatic heterocycles. The normalized spacial score (nSPS) is 23.8. The lowest BCUT2D eigenvalue weighted by Gasteiger charge is -2.28. The van der Waals surface area contributed by atoms with Gasteiger partial charge in [-0.3, -0.25) is 9.59 Å². The van der Waals surface area contributed by atoms with Crippen LogP contribution in [0.25, 0.3) is 0 Å². The highest BCUT2D eigenvalue weighted by molar-refractivity contribution is 5.98. The van der Waals surface area contributed by atoms with E-state index in [-0.39, 0.29) is 17.7 Å². The van der Waals surface area contributed by atoms with E-state index in [9.17, 15) is 9.59 Å². The average molecular weight is 341 g/mol. The van der Waals surface area contributed by atoms with E-state index in [2.05, 4.69) is 10.2 Å². The minimum Gasteiger partial charge on any atom is -0.334 e. The predicted octanol–water partition coefficient (Wildman–Crippen LogP) is 2.74. The monoisotopic (exact) mass is 341 g/mol. The van der Waals surface area contributed by atoms with Gasteiger partial charge in [-0.2, -0.15) is 0 Å². The van der Waals surface area contributed by atoms with Crippen LogP contribution in [0.4, 0.5) is 5.69 Å². The first kappa shape index (κ1) is 16.6. The summed E-state index contributed by atoms with van der Waals surface area (Å²) in [5.74, 6) is 0.352. The van der Waals surface area contributed by atoms with E-state index in [1.807, 2.05) is 29.2 Å². The van der Waals surface area contributed by atoms with Crippen LogP contribution in [0.15, 0.2) is 24.3 Å². The number of likely N-dealkylation sites (tertiary alicyclic amines) is 2. The van der Waals surface area contributed by atoms with E-state index in [0.717, 1.165) is 44.5 Å². The Labute approximate surface area is 149 Å². The van der Waals surface area contributed by atoms with Gasteiger partial charge in [-0.15, -0.1) is 0 Å². The van der Waals surface area contributed by atoms with Gasteiger partial charge in [-0.1, -0.05) is 6.07 Å². The van der Waals surface area contributed by atoms with Crippen molar-refractivity contribution in [2.75, 3.05) is 31.5 Å². The molecule has 1 aliphatic carbocycles. The van der Waals surface area contributed by atoms with Gasteiger partial charge in [0.25, 0.3) is 5.91 Å². The number of nitrogens with zero attached hydrogens (tertiary/aromatic N) is 2. The van der Waals surface area contributed by atoms with E-state index in [4.69, 9.17) is 0 Å². The highest BCUT2D eigenvalue weighted by Crippen LogP contribution is 2.30. The molecule has 3 aliphatic rings. The lowest BCUT2D eigenvalue weighted by molar-refractivity contribution is -0.117. The Morgan fingerprint density at radius 2 is 1.84 bits per heavy atom. The Morgan fingerprint density at radius 3 is 2.60 bits per heavy atom. The first-order valence-electron chi connectivity index (χ1n) is 9.65. The van der Waals surface area contributed by atoms with Gasteiger partial charge < -0.3 is 15.1 Å². The maximum atomic E-state index is 13.0. The molecule has 4 rings (SSSR count). The van der Waals surface area contributed by atoms with Crippen molar-refractivity contribution in [1.29, 1.82) is 0 Å². The number of carbonyl (C=O) groups excluding carboxylic acids is 2. The van der Waals surface area contributed by atoms with Crippen molar-refractivity contribution in [1.82, 2.24) is 9.80 Å². The zero-order chi connectivity index (χ0) is 17.2. The molecule has 0 unspecified atom stereocenters. The minimum atomic E-state index is 0.0812. The summed E-state index contributed by atoms with van der Waals surface area (Å²) in [5.41, 5.74) is 1.42. The second-order valence-corrected chi connectivity index (χ2v) is 7.65. The van der Waals surface area contributed by atoms with Crippen LogP contribution in [0.5, 0.6) is 0 Å². The quantitative estimate of drug-likeness (QED) is 0.896. The van der Waals surface area contributed by atoms with Crippen LogP contribution in [0.1, 0.15) is 48.9 Å². The van der Waals surface area contributed by atoms with Gasteiger partial charge in [0.05, 0.1) is 0 Å². The fourth-order valence-corrected chi connectivity index (χ4v) is 4.04. The van der Waals surface area contributed by atoms with Crippen molar-refractivity contribution >= 4 is 17.5 Å². The van der Waals surface area contributed by atoms with Gasteiger partial charge in [-0.25, -0.2) is 0 Å². The van der Waals surface area contributed by atoms with Gasteiger partial charge in [0.15, 0.2) is 0 Å². The van der Waals surface area contributed by atoms with E-state index in [1.165, 1.54) is 25.9 Å². The molecule has 1 atom stereocenters. The van der Waals surface area contributed by atoms with Gasteiger partial charge in [-0.05, 0) is 69.8 Å². The van der Waals surface area contributed by atoms with Crippen molar-refractivity contribution < 1.29 is 9.59 Å². The molecular weight excluding hydrogens is 314 g/mol. The molecule has 0 bridgehead atoms. The number of amides is 2. The molecule has 1 aromatic rings. The van der Waals surface area contributed by atoms with Gasteiger partial charge in [0.2, 0.25) is 5.91 Å². The van der Waals surface area contributed by atoms with E-state index in [0.29, 0.717) is 11.6 Å². The summed E-state index contributed by atoms with van der Waals surface area (Å²) < 4.78 is 0. The summed E-state index contributed by atoms with van der Waals surface area (Å²) in [4.78, 5) is 29.5. The summed E-state index contributed by atoms with van der Waals surface area (Å²) in [7, 11) is 0. The fraction of sp³-hybridized carbons (Fsp3) is 0.600. The zero-order valence-electron chi connectivity index (χ0n) is 14.7.